The van der Waals surface area contributed by atoms with E-state index in [1.54, 1.807) is 30.3 Å². The molecule has 2 heterocycles. The Hall–Kier alpha value is -2.47. The van der Waals surface area contributed by atoms with E-state index in [0.29, 0.717) is 5.39 Å². The second kappa shape index (κ2) is 5.62. The predicted octanol–water partition coefficient (Wildman–Crippen LogP) is 4.04. The molecule has 0 aliphatic carbocycles. The summed E-state index contributed by atoms with van der Waals surface area (Å²) >= 11 is 0. The first-order valence-corrected chi connectivity index (χ1v) is 6.94. The van der Waals surface area contributed by atoms with Gasteiger partial charge in [0.1, 0.15) is 11.8 Å². The van der Waals surface area contributed by atoms with Gasteiger partial charge in [0, 0.05) is 11.6 Å². The second-order valence-corrected chi connectivity index (χ2v) is 5.27. The minimum atomic E-state index is -4.59. The highest BCUT2D eigenvalue weighted by molar-refractivity contribution is 5.84. The highest BCUT2D eigenvalue weighted by Crippen LogP contribution is 2.34. The number of pyridine rings is 2. The summed E-state index contributed by atoms with van der Waals surface area (Å²) in [5.74, 6) is 0. The lowest BCUT2D eigenvalue weighted by atomic mass is 9.98. The van der Waals surface area contributed by atoms with Crippen LogP contribution in [0.5, 0.6) is 0 Å². The summed E-state index contributed by atoms with van der Waals surface area (Å²) in [6.07, 6.45) is -4.36. The Morgan fingerprint density at radius 3 is 2.52 bits per heavy atom. The van der Waals surface area contributed by atoms with E-state index < -0.39 is 18.0 Å². The van der Waals surface area contributed by atoms with Crippen molar-refractivity contribution in [1.29, 1.82) is 0 Å². The summed E-state index contributed by atoms with van der Waals surface area (Å²) in [6.45, 7) is 1.83. The molecule has 0 fully saturated rings. The number of rotatable bonds is 2. The Balaban J connectivity index is 2.26. The average molecular weight is 318 g/mol. The molecular weight excluding hydrogens is 305 g/mol. The fourth-order valence-corrected chi connectivity index (χ4v) is 2.43. The van der Waals surface area contributed by atoms with Gasteiger partial charge in [-0.05, 0) is 42.8 Å². The van der Waals surface area contributed by atoms with Crippen LogP contribution in [0, 0.1) is 6.92 Å². The number of benzene rings is 1. The topological polar surface area (TPSA) is 46.0 Å². The maximum atomic E-state index is 13.1. The van der Waals surface area contributed by atoms with Crippen LogP contribution in [0.2, 0.25) is 0 Å². The molecule has 0 aliphatic heterocycles. The molecule has 1 aromatic carbocycles. The molecule has 0 saturated carbocycles. The number of hydrogen-bond acceptors (Lipinski definition) is 3. The van der Waals surface area contributed by atoms with E-state index in [-0.39, 0.29) is 16.8 Å². The molecule has 3 rings (SSSR count). The second-order valence-electron chi connectivity index (χ2n) is 5.27. The van der Waals surface area contributed by atoms with Crippen molar-refractivity contribution in [2.24, 2.45) is 0 Å². The normalized spacial score (nSPS) is 13.3. The molecule has 118 valence electrons. The number of aliphatic hydroxyl groups excluding tert-OH is 1. The molecule has 0 amide bonds. The quantitative estimate of drug-likeness (QED) is 0.776. The highest BCUT2D eigenvalue weighted by atomic mass is 19.4. The summed E-state index contributed by atoms with van der Waals surface area (Å²) in [5.41, 5.74) is 0.460. The molecule has 0 spiro atoms. The Morgan fingerprint density at radius 2 is 1.87 bits per heavy atom. The van der Waals surface area contributed by atoms with Crippen molar-refractivity contribution in [3.05, 3.63) is 71.2 Å². The molecule has 0 saturated heterocycles. The van der Waals surface area contributed by atoms with Gasteiger partial charge in [0.2, 0.25) is 0 Å². The van der Waals surface area contributed by atoms with Crippen molar-refractivity contribution < 1.29 is 18.3 Å². The van der Waals surface area contributed by atoms with Crippen LogP contribution in [0.25, 0.3) is 10.9 Å². The molecule has 0 bridgehead atoms. The summed E-state index contributed by atoms with van der Waals surface area (Å²) in [7, 11) is 0. The first-order chi connectivity index (χ1) is 10.9. The largest absolute Gasteiger partial charge is 0.433 e. The minimum absolute atomic E-state index is 0.143. The lowest BCUT2D eigenvalue weighted by molar-refractivity contribution is -0.141. The third kappa shape index (κ3) is 3.03. The third-order valence-electron chi connectivity index (χ3n) is 3.55. The minimum Gasteiger partial charge on any atom is -0.382 e. The number of halogens is 3. The van der Waals surface area contributed by atoms with Crippen LogP contribution >= 0.6 is 0 Å². The Bertz CT molecular complexity index is 848. The molecule has 1 N–H and O–H groups in total. The standard InChI is InChI=1S/C17H13F3N2O/c1-10-5-6-13-11(8-10)12(9-15(22-13)17(18,19)20)16(23)14-4-2-3-7-21-14/h2-9,16,23H,1H3. The van der Waals surface area contributed by atoms with Crippen molar-refractivity contribution in [2.45, 2.75) is 19.2 Å². The zero-order valence-corrected chi connectivity index (χ0v) is 12.2. The monoisotopic (exact) mass is 318 g/mol. The summed E-state index contributed by atoms with van der Waals surface area (Å²) in [6, 6.07) is 10.7. The van der Waals surface area contributed by atoms with Crippen molar-refractivity contribution in [1.82, 2.24) is 9.97 Å². The fourth-order valence-electron chi connectivity index (χ4n) is 2.43. The molecule has 2 aromatic heterocycles. The van der Waals surface area contributed by atoms with E-state index in [1.165, 1.54) is 12.3 Å². The smallest absolute Gasteiger partial charge is 0.382 e. The maximum absolute atomic E-state index is 13.1. The van der Waals surface area contributed by atoms with Crippen LogP contribution < -0.4 is 0 Å². The molecule has 3 nitrogen and oxygen atoms in total. The summed E-state index contributed by atoms with van der Waals surface area (Å²) in [4.78, 5) is 7.69. The average Bonchev–Trinajstić information content (AvgIpc) is 2.53. The molecule has 23 heavy (non-hydrogen) atoms. The zero-order valence-electron chi connectivity index (χ0n) is 12.2. The van der Waals surface area contributed by atoms with Gasteiger partial charge in [0.25, 0.3) is 0 Å². The molecular formula is C17H13F3N2O. The SMILES string of the molecule is Cc1ccc2nc(C(F)(F)F)cc(C(O)c3ccccn3)c2c1. The first kappa shape index (κ1) is 15.4. The molecule has 0 aliphatic rings. The lowest BCUT2D eigenvalue weighted by Gasteiger charge is -2.16. The van der Waals surface area contributed by atoms with E-state index in [2.05, 4.69) is 9.97 Å². The number of aromatic nitrogens is 2. The molecule has 1 unspecified atom stereocenters. The van der Waals surface area contributed by atoms with E-state index in [9.17, 15) is 18.3 Å². The molecule has 3 aromatic rings. The van der Waals surface area contributed by atoms with E-state index in [1.807, 2.05) is 6.92 Å². The number of hydrogen-bond donors (Lipinski definition) is 1. The zero-order chi connectivity index (χ0) is 16.6. The lowest BCUT2D eigenvalue weighted by Crippen LogP contribution is -2.11. The summed E-state index contributed by atoms with van der Waals surface area (Å²) < 4.78 is 39.2. The van der Waals surface area contributed by atoms with Crippen molar-refractivity contribution in [3.8, 4) is 0 Å². The third-order valence-corrected chi connectivity index (χ3v) is 3.55. The van der Waals surface area contributed by atoms with Crippen LogP contribution in [-0.4, -0.2) is 15.1 Å². The Morgan fingerprint density at radius 1 is 1.09 bits per heavy atom. The van der Waals surface area contributed by atoms with E-state index in [4.69, 9.17) is 0 Å². The van der Waals surface area contributed by atoms with Crippen LogP contribution in [-0.2, 0) is 6.18 Å². The van der Waals surface area contributed by atoms with Gasteiger partial charge >= 0.3 is 6.18 Å². The van der Waals surface area contributed by atoms with Crippen molar-refractivity contribution in [3.63, 3.8) is 0 Å². The van der Waals surface area contributed by atoms with Crippen LogP contribution in [0.1, 0.15) is 28.6 Å². The molecule has 1 atom stereocenters. The molecule has 6 heteroatoms. The Kier molecular flexibility index (Phi) is 3.77. The number of aliphatic hydroxyl groups is 1. The van der Waals surface area contributed by atoms with Gasteiger partial charge in [0.05, 0.1) is 11.2 Å². The van der Waals surface area contributed by atoms with Gasteiger partial charge in [-0.3, -0.25) is 4.98 Å². The fraction of sp³-hybridized carbons (Fsp3) is 0.176. The maximum Gasteiger partial charge on any atom is 0.433 e. The van der Waals surface area contributed by atoms with Crippen LogP contribution in [0.3, 0.4) is 0 Å². The van der Waals surface area contributed by atoms with Crippen LogP contribution in [0.4, 0.5) is 13.2 Å². The number of fused-ring (bicyclic) bond motifs is 1. The van der Waals surface area contributed by atoms with E-state index >= 15 is 0 Å². The van der Waals surface area contributed by atoms with Gasteiger partial charge in [-0.1, -0.05) is 17.7 Å². The van der Waals surface area contributed by atoms with Gasteiger partial charge in [-0.2, -0.15) is 13.2 Å². The van der Waals surface area contributed by atoms with Crippen molar-refractivity contribution >= 4 is 10.9 Å². The number of alkyl halides is 3. The van der Waals surface area contributed by atoms with Crippen LogP contribution in [0.15, 0.2) is 48.7 Å². The van der Waals surface area contributed by atoms with E-state index in [0.717, 1.165) is 11.6 Å². The van der Waals surface area contributed by atoms with Gasteiger partial charge in [-0.15, -0.1) is 0 Å². The number of nitrogens with zero attached hydrogens (tertiary/aromatic N) is 2. The highest BCUT2D eigenvalue weighted by Gasteiger charge is 2.34. The predicted molar refractivity (Wildman–Crippen MR) is 79.8 cm³/mol. The van der Waals surface area contributed by atoms with Gasteiger partial charge in [-0.25, -0.2) is 4.98 Å². The summed E-state index contributed by atoms with van der Waals surface area (Å²) in [5, 5.41) is 11.0. The first-order valence-electron chi connectivity index (χ1n) is 6.94. The van der Waals surface area contributed by atoms with Crippen molar-refractivity contribution in [2.75, 3.05) is 0 Å². The molecule has 0 radical (unpaired) electrons. The van der Waals surface area contributed by atoms with Gasteiger partial charge < -0.3 is 5.11 Å². The van der Waals surface area contributed by atoms with Gasteiger partial charge in [0.15, 0.2) is 0 Å². The Labute approximate surface area is 130 Å². The number of aryl methyl sites for hydroxylation is 1.